The predicted molar refractivity (Wildman–Crippen MR) is 65.8 cm³/mol. The largest absolute Gasteiger partial charge is 0.294 e. The lowest BCUT2D eigenvalue weighted by Crippen LogP contribution is -2.21. The third-order valence-corrected chi connectivity index (χ3v) is 2.76. The van der Waals surface area contributed by atoms with E-state index in [1.54, 1.807) is 6.08 Å². The fraction of sp³-hybridized carbons (Fsp3) is 0.750. The van der Waals surface area contributed by atoms with Crippen molar-refractivity contribution in [3.63, 3.8) is 0 Å². The molecule has 0 fully saturated rings. The molecule has 0 unspecified atom stereocenters. The van der Waals surface area contributed by atoms with Gasteiger partial charge in [0.15, 0.2) is 5.78 Å². The standard InChI is InChI=1S/C12H21BrO/c1-11(2,3)9(8-13)7-10(14)12(4,5)6/h7H,8H2,1-6H3. The molecule has 0 N–H and O–H groups in total. The van der Waals surface area contributed by atoms with Gasteiger partial charge in [0, 0.05) is 10.7 Å². The molecule has 0 radical (unpaired) electrons. The minimum atomic E-state index is -0.279. The van der Waals surface area contributed by atoms with Gasteiger partial charge in [-0.3, -0.25) is 4.79 Å². The predicted octanol–water partition coefficient (Wildman–Crippen LogP) is 3.97. The van der Waals surface area contributed by atoms with Gasteiger partial charge >= 0.3 is 0 Å². The van der Waals surface area contributed by atoms with Gasteiger partial charge in [0.05, 0.1) is 0 Å². The molecule has 0 saturated heterocycles. The first kappa shape index (κ1) is 13.9. The highest BCUT2D eigenvalue weighted by atomic mass is 79.9. The maximum atomic E-state index is 11.8. The first-order valence-electron chi connectivity index (χ1n) is 4.90. The van der Waals surface area contributed by atoms with Crippen molar-refractivity contribution < 1.29 is 4.79 Å². The summed E-state index contributed by atoms with van der Waals surface area (Å²) in [5, 5.41) is 0.762. The fourth-order valence-corrected chi connectivity index (χ4v) is 1.83. The minimum Gasteiger partial charge on any atom is -0.294 e. The molecule has 0 saturated carbocycles. The van der Waals surface area contributed by atoms with E-state index < -0.39 is 0 Å². The molecule has 82 valence electrons. The van der Waals surface area contributed by atoms with Crippen LogP contribution < -0.4 is 0 Å². The van der Waals surface area contributed by atoms with Crippen LogP contribution in [0.5, 0.6) is 0 Å². The Morgan fingerprint density at radius 1 is 1.07 bits per heavy atom. The third-order valence-electron chi connectivity index (χ3n) is 2.15. The van der Waals surface area contributed by atoms with Crippen LogP contribution in [0.25, 0.3) is 0 Å². The summed E-state index contributed by atoms with van der Waals surface area (Å²) in [4.78, 5) is 11.8. The Labute approximate surface area is 96.1 Å². The van der Waals surface area contributed by atoms with Gasteiger partial charge in [-0.25, -0.2) is 0 Å². The number of carbonyl (C=O) groups is 1. The monoisotopic (exact) mass is 260 g/mol. The lowest BCUT2D eigenvalue weighted by atomic mass is 9.83. The summed E-state index contributed by atoms with van der Waals surface area (Å²) >= 11 is 3.43. The van der Waals surface area contributed by atoms with E-state index in [2.05, 4.69) is 36.7 Å². The lowest BCUT2D eigenvalue weighted by molar-refractivity contribution is -0.121. The third kappa shape index (κ3) is 4.41. The van der Waals surface area contributed by atoms with E-state index in [4.69, 9.17) is 0 Å². The summed E-state index contributed by atoms with van der Waals surface area (Å²) < 4.78 is 0. The molecule has 0 heterocycles. The van der Waals surface area contributed by atoms with Crippen molar-refractivity contribution >= 4 is 21.7 Å². The van der Waals surface area contributed by atoms with Crippen molar-refractivity contribution in [3.8, 4) is 0 Å². The molecule has 0 aromatic rings. The van der Waals surface area contributed by atoms with Crippen molar-refractivity contribution in [1.29, 1.82) is 0 Å². The number of ketones is 1. The summed E-state index contributed by atoms with van der Waals surface area (Å²) in [5.74, 6) is 0.196. The molecule has 0 amide bonds. The number of allylic oxidation sites excluding steroid dienone is 2. The van der Waals surface area contributed by atoms with Gasteiger partial charge in [0.1, 0.15) is 0 Å². The summed E-state index contributed by atoms with van der Waals surface area (Å²) in [6.07, 6.45) is 1.79. The molecular weight excluding hydrogens is 240 g/mol. The van der Waals surface area contributed by atoms with Crippen LogP contribution in [0.2, 0.25) is 0 Å². The van der Waals surface area contributed by atoms with E-state index in [-0.39, 0.29) is 16.6 Å². The van der Waals surface area contributed by atoms with Crippen molar-refractivity contribution in [2.75, 3.05) is 5.33 Å². The number of hydrogen-bond acceptors (Lipinski definition) is 1. The number of carbonyl (C=O) groups excluding carboxylic acids is 1. The first-order valence-corrected chi connectivity index (χ1v) is 6.02. The van der Waals surface area contributed by atoms with Gasteiger partial charge in [0.25, 0.3) is 0 Å². The quantitative estimate of drug-likeness (QED) is 0.543. The molecule has 0 atom stereocenters. The van der Waals surface area contributed by atoms with Crippen LogP contribution in [0, 0.1) is 10.8 Å². The molecule has 1 nitrogen and oxygen atoms in total. The lowest BCUT2D eigenvalue weighted by Gasteiger charge is -2.23. The molecule has 0 aliphatic heterocycles. The Morgan fingerprint density at radius 3 is 1.71 bits per heavy atom. The van der Waals surface area contributed by atoms with E-state index in [0.29, 0.717) is 0 Å². The SMILES string of the molecule is CC(C)(C)C(=O)C=C(CBr)C(C)(C)C. The summed E-state index contributed by atoms with van der Waals surface area (Å²) in [6.45, 7) is 12.2. The minimum absolute atomic E-state index is 0.0599. The molecule has 0 aliphatic rings. The number of rotatable bonds is 2. The van der Waals surface area contributed by atoms with Crippen LogP contribution >= 0.6 is 15.9 Å². The topological polar surface area (TPSA) is 17.1 Å². The molecule has 0 rings (SSSR count). The number of alkyl halides is 1. The Balaban J connectivity index is 4.89. The van der Waals surface area contributed by atoms with Gasteiger partial charge in [0.2, 0.25) is 0 Å². The van der Waals surface area contributed by atoms with Crippen molar-refractivity contribution in [2.24, 2.45) is 10.8 Å². The fourth-order valence-electron chi connectivity index (χ4n) is 0.830. The summed E-state index contributed by atoms with van der Waals surface area (Å²) in [7, 11) is 0. The Morgan fingerprint density at radius 2 is 1.50 bits per heavy atom. The van der Waals surface area contributed by atoms with Crippen LogP contribution in [0.3, 0.4) is 0 Å². The van der Waals surface area contributed by atoms with Gasteiger partial charge < -0.3 is 0 Å². The summed E-state index contributed by atoms with van der Waals surface area (Å²) in [5.41, 5.74) is 0.931. The van der Waals surface area contributed by atoms with E-state index in [1.165, 1.54) is 0 Å². The Bertz CT molecular complexity index is 238. The van der Waals surface area contributed by atoms with Crippen LogP contribution in [-0.4, -0.2) is 11.1 Å². The average Bonchev–Trinajstić information content (AvgIpc) is 1.95. The second-order valence-corrected chi connectivity index (χ2v) is 6.23. The maximum Gasteiger partial charge on any atom is 0.160 e. The highest BCUT2D eigenvalue weighted by molar-refractivity contribution is 9.09. The average molecular weight is 261 g/mol. The highest BCUT2D eigenvalue weighted by Crippen LogP contribution is 2.28. The van der Waals surface area contributed by atoms with Crippen LogP contribution in [0.4, 0.5) is 0 Å². The van der Waals surface area contributed by atoms with Gasteiger partial charge in [-0.1, -0.05) is 63.0 Å². The molecule has 14 heavy (non-hydrogen) atoms. The highest BCUT2D eigenvalue weighted by Gasteiger charge is 2.23. The van der Waals surface area contributed by atoms with Crippen molar-refractivity contribution in [1.82, 2.24) is 0 Å². The van der Waals surface area contributed by atoms with Gasteiger partial charge in [-0.2, -0.15) is 0 Å². The second kappa shape index (κ2) is 4.61. The van der Waals surface area contributed by atoms with E-state index in [1.807, 2.05) is 20.8 Å². The first-order chi connectivity index (χ1) is 6.09. The van der Waals surface area contributed by atoms with Crippen molar-refractivity contribution in [2.45, 2.75) is 41.5 Å². The van der Waals surface area contributed by atoms with Gasteiger partial charge in [-0.15, -0.1) is 0 Å². The molecule has 0 bridgehead atoms. The smallest absolute Gasteiger partial charge is 0.160 e. The molecule has 2 heteroatoms. The van der Waals surface area contributed by atoms with Crippen LogP contribution in [0.15, 0.2) is 11.6 Å². The molecule has 0 aromatic carbocycles. The maximum absolute atomic E-state index is 11.8. The molecular formula is C12H21BrO. The van der Waals surface area contributed by atoms with E-state index in [9.17, 15) is 4.79 Å². The normalized spacial score (nSPS) is 14.4. The van der Waals surface area contributed by atoms with E-state index in [0.717, 1.165) is 10.9 Å². The number of halogens is 1. The Hall–Kier alpha value is -0.110. The van der Waals surface area contributed by atoms with Gasteiger partial charge in [-0.05, 0) is 11.5 Å². The second-order valence-electron chi connectivity index (χ2n) is 5.67. The van der Waals surface area contributed by atoms with Crippen LogP contribution in [-0.2, 0) is 4.79 Å². The molecule has 0 aromatic heterocycles. The number of hydrogen-bond donors (Lipinski definition) is 0. The zero-order chi connectivity index (χ0) is 11.6. The Kier molecular flexibility index (Phi) is 4.57. The van der Waals surface area contributed by atoms with Crippen molar-refractivity contribution in [3.05, 3.63) is 11.6 Å². The summed E-state index contributed by atoms with van der Waals surface area (Å²) in [6, 6.07) is 0. The zero-order valence-corrected chi connectivity index (χ0v) is 11.7. The molecule has 0 aliphatic carbocycles. The van der Waals surface area contributed by atoms with E-state index >= 15 is 0 Å². The van der Waals surface area contributed by atoms with Crippen LogP contribution in [0.1, 0.15) is 41.5 Å². The molecule has 0 spiro atoms. The zero-order valence-electron chi connectivity index (χ0n) is 10.1.